The van der Waals surface area contributed by atoms with E-state index >= 15 is 0 Å². The second-order valence-electron chi connectivity index (χ2n) is 5.23. The molecule has 1 aromatic carbocycles. The van der Waals surface area contributed by atoms with Gasteiger partial charge in [0, 0.05) is 12.1 Å². The maximum Gasteiger partial charge on any atom is 0.265 e. The monoisotopic (exact) mass is 310 g/mol. The average Bonchev–Trinajstić information content (AvgIpc) is 2.47. The number of alkyl halides is 1. The van der Waals surface area contributed by atoms with Gasteiger partial charge in [-0.15, -0.1) is 11.6 Å². The molecule has 0 saturated heterocycles. The van der Waals surface area contributed by atoms with Crippen LogP contribution in [0.1, 0.15) is 16.8 Å². The number of Topliss-reactive ketones (excluding diaryl/α,β-unsaturated/α-hetero) is 1. The Morgan fingerprint density at radius 2 is 2.19 bits per heavy atom. The number of nitrogens with zero attached hydrogens (tertiary/aromatic N) is 2. The molecule has 0 unspecified atom stereocenters. The Morgan fingerprint density at radius 3 is 2.86 bits per heavy atom. The number of amides is 1. The van der Waals surface area contributed by atoms with Crippen LogP contribution in [0.15, 0.2) is 18.2 Å². The van der Waals surface area contributed by atoms with E-state index in [-0.39, 0.29) is 24.2 Å². The van der Waals surface area contributed by atoms with Crippen molar-refractivity contribution >= 4 is 29.0 Å². The van der Waals surface area contributed by atoms with Gasteiger partial charge in [0.15, 0.2) is 12.4 Å². The second-order valence-corrected chi connectivity index (χ2v) is 5.50. The summed E-state index contributed by atoms with van der Waals surface area (Å²) in [6.07, 6.45) is 0.853. The SMILES string of the molecule is CN(C)CCCN1C(=O)COc2ccc(C(=O)CCl)cc21. The van der Waals surface area contributed by atoms with Crippen molar-refractivity contribution in [1.82, 2.24) is 4.90 Å². The van der Waals surface area contributed by atoms with Crippen LogP contribution in [0, 0.1) is 0 Å². The fourth-order valence-corrected chi connectivity index (χ4v) is 2.40. The van der Waals surface area contributed by atoms with Gasteiger partial charge in [0.05, 0.1) is 11.6 Å². The minimum Gasteiger partial charge on any atom is -0.482 e. The summed E-state index contributed by atoms with van der Waals surface area (Å²) in [6.45, 7) is 1.53. The Balaban J connectivity index is 2.23. The first-order valence-corrected chi connectivity index (χ1v) is 7.37. The van der Waals surface area contributed by atoms with Crippen LogP contribution in [0.4, 0.5) is 5.69 Å². The topological polar surface area (TPSA) is 49.9 Å². The van der Waals surface area contributed by atoms with Crippen molar-refractivity contribution in [2.24, 2.45) is 0 Å². The lowest BCUT2D eigenvalue weighted by atomic mass is 10.1. The van der Waals surface area contributed by atoms with Gasteiger partial charge in [0.1, 0.15) is 5.75 Å². The second kappa shape index (κ2) is 6.91. The molecule has 1 aliphatic rings. The largest absolute Gasteiger partial charge is 0.482 e. The highest BCUT2D eigenvalue weighted by Gasteiger charge is 2.26. The molecule has 0 fully saturated rings. The molecule has 1 aromatic rings. The van der Waals surface area contributed by atoms with E-state index in [0.717, 1.165) is 13.0 Å². The third kappa shape index (κ3) is 3.74. The number of carbonyl (C=O) groups excluding carboxylic acids is 2. The van der Waals surface area contributed by atoms with Crippen LogP contribution in [-0.4, -0.2) is 56.3 Å². The number of ketones is 1. The molecule has 0 aliphatic carbocycles. The first-order chi connectivity index (χ1) is 10.0. The molecule has 0 aromatic heterocycles. The lowest BCUT2D eigenvalue weighted by Gasteiger charge is -2.30. The molecule has 1 amide bonds. The Labute approximate surface area is 129 Å². The Hall–Kier alpha value is -1.59. The molecule has 21 heavy (non-hydrogen) atoms. The molecule has 114 valence electrons. The van der Waals surface area contributed by atoms with E-state index in [9.17, 15) is 9.59 Å². The summed E-state index contributed by atoms with van der Waals surface area (Å²) in [4.78, 5) is 27.5. The van der Waals surface area contributed by atoms with E-state index in [4.69, 9.17) is 16.3 Å². The highest BCUT2D eigenvalue weighted by atomic mass is 35.5. The highest BCUT2D eigenvalue weighted by Crippen LogP contribution is 2.33. The predicted octanol–water partition coefficient (Wildman–Crippen LogP) is 1.79. The normalized spacial score (nSPS) is 14.1. The van der Waals surface area contributed by atoms with E-state index in [2.05, 4.69) is 4.90 Å². The third-order valence-corrected chi connectivity index (χ3v) is 3.58. The summed E-state index contributed by atoms with van der Waals surface area (Å²) in [6, 6.07) is 5.09. The predicted molar refractivity (Wildman–Crippen MR) is 82.5 cm³/mol. The van der Waals surface area contributed by atoms with Crippen molar-refractivity contribution < 1.29 is 14.3 Å². The number of halogens is 1. The number of benzene rings is 1. The molecule has 0 radical (unpaired) electrons. The quantitative estimate of drug-likeness (QED) is 0.594. The fraction of sp³-hybridized carbons (Fsp3) is 0.467. The van der Waals surface area contributed by atoms with Gasteiger partial charge in [-0.3, -0.25) is 9.59 Å². The number of hydrogen-bond acceptors (Lipinski definition) is 4. The molecule has 0 spiro atoms. The van der Waals surface area contributed by atoms with Gasteiger partial charge in [0.2, 0.25) is 0 Å². The van der Waals surface area contributed by atoms with Gasteiger partial charge in [-0.2, -0.15) is 0 Å². The van der Waals surface area contributed by atoms with Crippen molar-refractivity contribution in [1.29, 1.82) is 0 Å². The fourth-order valence-electron chi connectivity index (χ4n) is 2.24. The lowest BCUT2D eigenvalue weighted by molar-refractivity contribution is -0.121. The van der Waals surface area contributed by atoms with Crippen LogP contribution in [0.2, 0.25) is 0 Å². The van der Waals surface area contributed by atoms with Crippen molar-refractivity contribution in [3.8, 4) is 5.75 Å². The summed E-state index contributed by atoms with van der Waals surface area (Å²) >= 11 is 5.59. The first-order valence-electron chi connectivity index (χ1n) is 6.84. The third-order valence-electron chi connectivity index (χ3n) is 3.33. The van der Waals surface area contributed by atoms with Gasteiger partial charge >= 0.3 is 0 Å². The minimum atomic E-state index is -0.161. The maximum atomic E-state index is 12.1. The van der Waals surface area contributed by atoms with Crippen LogP contribution < -0.4 is 9.64 Å². The van der Waals surface area contributed by atoms with Crippen LogP contribution in [0.3, 0.4) is 0 Å². The summed E-state index contributed by atoms with van der Waals surface area (Å²) in [5.41, 5.74) is 1.15. The molecule has 0 bridgehead atoms. The van der Waals surface area contributed by atoms with Gasteiger partial charge in [0.25, 0.3) is 5.91 Å². The zero-order valence-corrected chi connectivity index (χ0v) is 13.0. The summed E-state index contributed by atoms with van der Waals surface area (Å²) < 4.78 is 5.42. The zero-order valence-electron chi connectivity index (χ0n) is 12.3. The Kier molecular flexibility index (Phi) is 5.20. The van der Waals surface area contributed by atoms with E-state index < -0.39 is 0 Å². The molecule has 0 N–H and O–H groups in total. The van der Waals surface area contributed by atoms with E-state index in [1.54, 1.807) is 23.1 Å². The summed E-state index contributed by atoms with van der Waals surface area (Å²) in [5, 5.41) is 0. The van der Waals surface area contributed by atoms with Gasteiger partial charge < -0.3 is 14.5 Å². The smallest absolute Gasteiger partial charge is 0.265 e. The number of carbonyl (C=O) groups is 2. The molecular formula is C15H19ClN2O3. The Morgan fingerprint density at radius 1 is 1.43 bits per heavy atom. The van der Waals surface area contributed by atoms with Crippen molar-refractivity contribution in [2.75, 3.05) is 44.6 Å². The molecule has 0 saturated carbocycles. The van der Waals surface area contributed by atoms with Crippen LogP contribution in [0.5, 0.6) is 5.75 Å². The number of rotatable bonds is 6. The molecule has 2 rings (SSSR count). The highest BCUT2D eigenvalue weighted by molar-refractivity contribution is 6.30. The molecule has 5 nitrogen and oxygen atoms in total. The summed E-state index contributed by atoms with van der Waals surface area (Å²) in [7, 11) is 3.98. The van der Waals surface area contributed by atoms with Gasteiger partial charge in [-0.05, 0) is 45.3 Å². The lowest BCUT2D eigenvalue weighted by Crippen LogP contribution is -2.40. The number of fused-ring (bicyclic) bond motifs is 1. The number of hydrogen-bond donors (Lipinski definition) is 0. The van der Waals surface area contributed by atoms with Crippen LogP contribution >= 0.6 is 11.6 Å². The first kappa shape index (κ1) is 15.8. The van der Waals surface area contributed by atoms with Crippen molar-refractivity contribution in [2.45, 2.75) is 6.42 Å². The summed E-state index contributed by atoms with van der Waals surface area (Å²) in [5.74, 6) is 0.307. The molecule has 0 atom stereocenters. The number of ether oxygens (including phenoxy) is 1. The van der Waals surface area contributed by atoms with E-state index in [0.29, 0.717) is 23.5 Å². The molecule has 1 heterocycles. The molecule has 6 heteroatoms. The molecule has 1 aliphatic heterocycles. The van der Waals surface area contributed by atoms with Crippen molar-refractivity contribution in [3.63, 3.8) is 0 Å². The van der Waals surface area contributed by atoms with Crippen LogP contribution in [-0.2, 0) is 4.79 Å². The number of anilines is 1. The average molecular weight is 311 g/mol. The van der Waals surface area contributed by atoms with Gasteiger partial charge in [-0.25, -0.2) is 0 Å². The van der Waals surface area contributed by atoms with Crippen LogP contribution in [0.25, 0.3) is 0 Å². The standard InChI is InChI=1S/C15H19ClN2O3/c1-17(2)6-3-7-18-12-8-11(13(19)9-16)4-5-14(12)21-10-15(18)20/h4-5,8H,3,6-7,9-10H2,1-2H3. The molecular weight excluding hydrogens is 292 g/mol. The van der Waals surface area contributed by atoms with Gasteiger partial charge in [-0.1, -0.05) is 0 Å². The Bertz CT molecular complexity index is 546. The zero-order chi connectivity index (χ0) is 15.4. The maximum absolute atomic E-state index is 12.1. The van der Waals surface area contributed by atoms with E-state index in [1.165, 1.54) is 0 Å². The minimum absolute atomic E-state index is 0.0394. The van der Waals surface area contributed by atoms with E-state index in [1.807, 2.05) is 14.1 Å². The van der Waals surface area contributed by atoms with Crippen molar-refractivity contribution in [3.05, 3.63) is 23.8 Å².